The summed E-state index contributed by atoms with van der Waals surface area (Å²) in [7, 11) is -3.58. The van der Waals surface area contributed by atoms with Crippen LogP contribution in [0, 0.1) is 5.92 Å². The number of amides is 1. The molecule has 1 fully saturated rings. The van der Waals surface area contributed by atoms with Gasteiger partial charge in [-0.05, 0) is 6.08 Å². The van der Waals surface area contributed by atoms with Crippen molar-refractivity contribution in [1.82, 2.24) is 4.90 Å². The first-order chi connectivity index (χ1) is 7.40. The fourth-order valence-electron chi connectivity index (χ4n) is 1.94. The van der Waals surface area contributed by atoms with Crippen molar-refractivity contribution in [3.63, 3.8) is 0 Å². The molecule has 2 aliphatic rings. The normalized spacial score (nSPS) is 31.4. The number of nitrogens with zero attached hydrogens (tertiary/aromatic N) is 1. The number of carbonyl (C=O) groups excluding carboxylic acids is 1. The van der Waals surface area contributed by atoms with Gasteiger partial charge in [0.1, 0.15) is 5.70 Å². The van der Waals surface area contributed by atoms with E-state index in [0.29, 0.717) is 0 Å². The topological polar surface area (TPSA) is 112 Å². The third-order valence-electron chi connectivity index (χ3n) is 2.71. The fourth-order valence-corrected chi connectivity index (χ4v) is 3.77. The second kappa shape index (κ2) is 3.29. The molecule has 0 spiro atoms. The summed E-state index contributed by atoms with van der Waals surface area (Å²) < 4.78 is 23.2. The molecule has 0 bridgehead atoms. The zero-order chi connectivity index (χ0) is 12.1. The lowest BCUT2D eigenvalue weighted by Crippen LogP contribution is -2.67. The monoisotopic (exact) mass is 247 g/mol. The summed E-state index contributed by atoms with van der Waals surface area (Å²) in [6.07, 6.45) is 1.000. The Morgan fingerprint density at radius 1 is 1.56 bits per heavy atom. The van der Waals surface area contributed by atoms with Crippen molar-refractivity contribution in [3.8, 4) is 0 Å². The van der Waals surface area contributed by atoms with E-state index < -0.39 is 45.4 Å². The Labute approximate surface area is 90.9 Å². The number of hydrogen-bond acceptors (Lipinski definition) is 5. The molecule has 2 atom stereocenters. The number of β-lactam (4-membered cyclic amide) rings is 1. The summed E-state index contributed by atoms with van der Waals surface area (Å²) >= 11 is 0. The van der Waals surface area contributed by atoms with Crippen LogP contribution >= 0.6 is 0 Å². The first-order valence-electron chi connectivity index (χ1n) is 4.49. The number of carbonyl (C=O) groups is 2. The maximum absolute atomic E-state index is 11.6. The van der Waals surface area contributed by atoms with Gasteiger partial charge in [0.15, 0.2) is 15.2 Å². The van der Waals surface area contributed by atoms with E-state index in [1.165, 1.54) is 0 Å². The minimum absolute atomic E-state index is 0.325. The molecular formula is C8H9NO6S. The molecule has 1 amide bonds. The third-order valence-corrected chi connectivity index (χ3v) is 4.61. The highest BCUT2D eigenvalue weighted by molar-refractivity contribution is 7.92. The molecule has 0 saturated carbocycles. The summed E-state index contributed by atoms with van der Waals surface area (Å²) in [6.45, 7) is -0.591. The number of hydrogen-bond donors (Lipinski definition) is 2. The zero-order valence-electron chi connectivity index (χ0n) is 8.03. The Balaban J connectivity index is 2.45. The van der Waals surface area contributed by atoms with Crippen LogP contribution in [0.15, 0.2) is 11.8 Å². The molecule has 88 valence electrons. The minimum atomic E-state index is -3.58. The Kier molecular flexibility index (Phi) is 2.28. The summed E-state index contributed by atoms with van der Waals surface area (Å²) in [5, 5.41) is 16.4. The van der Waals surface area contributed by atoms with E-state index in [-0.39, 0.29) is 5.70 Å². The van der Waals surface area contributed by atoms with E-state index in [2.05, 4.69) is 0 Å². The van der Waals surface area contributed by atoms with Crippen LogP contribution in [0.3, 0.4) is 0 Å². The highest BCUT2D eigenvalue weighted by atomic mass is 32.2. The van der Waals surface area contributed by atoms with Crippen molar-refractivity contribution in [2.45, 2.75) is 5.37 Å². The van der Waals surface area contributed by atoms with Gasteiger partial charge in [-0.15, -0.1) is 0 Å². The van der Waals surface area contributed by atoms with Crippen LogP contribution < -0.4 is 0 Å². The SMILES string of the molecule is O=C(O)C1=CCS(=O)(=O)[C@H]2C(CO)C(=O)N12. The van der Waals surface area contributed by atoms with Gasteiger partial charge in [0.2, 0.25) is 5.91 Å². The molecule has 1 unspecified atom stereocenters. The molecule has 0 radical (unpaired) electrons. The van der Waals surface area contributed by atoms with Crippen LogP contribution in [0.5, 0.6) is 0 Å². The lowest BCUT2D eigenvalue weighted by atomic mass is 9.98. The van der Waals surface area contributed by atoms with Crippen LogP contribution in [0.25, 0.3) is 0 Å². The van der Waals surface area contributed by atoms with Gasteiger partial charge in [0.05, 0.1) is 18.3 Å². The van der Waals surface area contributed by atoms with Crippen LogP contribution in [0.4, 0.5) is 0 Å². The largest absolute Gasteiger partial charge is 0.477 e. The van der Waals surface area contributed by atoms with E-state index in [1.807, 2.05) is 0 Å². The summed E-state index contributed by atoms with van der Waals surface area (Å²) in [6, 6.07) is 0. The molecule has 2 aliphatic heterocycles. The maximum atomic E-state index is 11.6. The first-order valence-corrected chi connectivity index (χ1v) is 6.20. The number of aliphatic hydroxyl groups is 1. The predicted molar refractivity (Wildman–Crippen MR) is 50.7 cm³/mol. The number of carboxylic acids is 1. The van der Waals surface area contributed by atoms with Crippen molar-refractivity contribution >= 4 is 21.7 Å². The summed E-state index contributed by atoms with van der Waals surface area (Å²) in [4.78, 5) is 22.9. The van der Waals surface area contributed by atoms with Crippen molar-refractivity contribution in [2.75, 3.05) is 12.4 Å². The van der Waals surface area contributed by atoms with Crippen LogP contribution in [-0.4, -0.2) is 53.1 Å². The third kappa shape index (κ3) is 1.26. The van der Waals surface area contributed by atoms with Crippen molar-refractivity contribution in [1.29, 1.82) is 0 Å². The molecule has 7 nitrogen and oxygen atoms in total. The van der Waals surface area contributed by atoms with Crippen molar-refractivity contribution in [3.05, 3.63) is 11.8 Å². The van der Waals surface area contributed by atoms with Gasteiger partial charge in [0, 0.05) is 0 Å². The highest BCUT2D eigenvalue weighted by Gasteiger charge is 2.57. The Morgan fingerprint density at radius 2 is 2.19 bits per heavy atom. The molecule has 0 aromatic rings. The van der Waals surface area contributed by atoms with E-state index in [4.69, 9.17) is 10.2 Å². The molecule has 2 N–H and O–H groups in total. The number of rotatable bonds is 2. The molecule has 8 heteroatoms. The second-order valence-corrected chi connectivity index (χ2v) is 5.75. The average molecular weight is 247 g/mol. The van der Waals surface area contributed by atoms with Crippen molar-refractivity contribution in [2.24, 2.45) is 5.92 Å². The Bertz CT molecular complexity index is 493. The Morgan fingerprint density at radius 3 is 2.69 bits per heavy atom. The lowest BCUT2D eigenvalue weighted by Gasteiger charge is -2.47. The molecule has 16 heavy (non-hydrogen) atoms. The molecule has 1 saturated heterocycles. The van der Waals surface area contributed by atoms with Gasteiger partial charge in [0.25, 0.3) is 0 Å². The number of sulfone groups is 1. The second-order valence-electron chi connectivity index (χ2n) is 3.61. The van der Waals surface area contributed by atoms with Gasteiger partial charge >= 0.3 is 5.97 Å². The number of aliphatic carboxylic acids is 1. The fraction of sp³-hybridized carbons (Fsp3) is 0.500. The molecule has 0 aromatic carbocycles. The smallest absolute Gasteiger partial charge is 0.352 e. The molecular weight excluding hydrogens is 238 g/mol. The van der Waals surface area contributed by atoms with E-state index in [9.17, 15) is 18.0 Å². The van der Waals surface area contributed by atoms with Crippen LogP contribution in [-0.2, 0) is 19.4 Å². The van der Waals surface area contributed by atoms with Gasteiger partial charge in [-0.3, -0.25) is 9.69 Å². The predicted octanol–water partition coefficient (Wildman–Crippen LogP) is -1.84. The van der Waals surface area contributed by atoms with E-state index >= 15 is 0 Å². The lowest BCUT2D eigenvalue weighted by molar-refractivity contribution is -0.154. The molecule has 0 aromatic heterocycles. The maximum Gasteiger partial charge on any atom is 0.352 e. The molecule has 2 rings (SSSR count). The quantitative estimate of drug-likeness (QED) is 0.554. The molecule has 0 aliphatic carbocycles. The number of aliphatic hydroxyl groups excluding tert-OH is 1. The van der Waals surface area contributed by atoms with Crippen LogP contribution in [0.1, 0.15) is 0 Å². The van der Waals surface area contributed by atoms with Gasteiger partial charge < -0.3 is 10.2 Å². The van der Waals surface area contributed by atoms with Gasteiger partial charge in [-0.1, -0.05) is 0 Å². The minimum Gasteiger partial charge on any atom is -0.477 e. The van der Waals surface area contributed by atoms with E-state index in [0.717, 1.165) is 11.0 Å². The highest BCUT2D eigenvalue weighted by Crippen LogP contribution is 2.37. The van der Waals surface area contributed by atoms with Gasteiger partial charge in [-0.2, -0.15) is 0 Å². The number of fused-ring (bicyclic) bond motifs is 1. The average Bonchev–Trinajstić information content (AvgIpc) is 2.18. The summed E-state index contributed by atoms with van der Waals surface area (Å²) in [5.74, 6) is -3.46. The standard InChI is InChI=1S/C8H9NO6S/c10-3-4-6(11)9-5(8(12)13)1-2-16(14,15)7(4)9/h1,4,7,10H,2-3H2,(H,12,13)/t4?,7-/m0/s1. The zero-order valence-corrected chi connectivity index (χ0v) is 8.85. The van der Waals surface area contributed by atoms with E-state index in [1.54, 1.807) is 0 Å². The number of carboxylic acid groups (broad SMARTS) is 1. The molecule has 2 heterocycles. The Hall–Kier alpha value is -1.41. The first kappa shape index (κ1) is 11.1. The van der Waals surface area contributed by atoms with Crippen LogP contribution in [0.2, 0.25) is 0 Å². The van der Waals surface area contributed by atoms with Crippen molar-refractivity contribution < 1.29 is 28.2 Å². The van der Waals surface area contributed by atoms with Gasteiger partial charge in [-0.25, -0.2) is 13.2 Å². The summed E-state index contributed by atoms with van der Waals surface area (Å²) in [5.41, 5.74) is -0.325.